The second kappa shape index (κ2) is 9.27. The van der Waals surface area contributed by atoms with E-state index in [0.29, 0.717) is 0 Å². The Labute approximate surface area is 233 Å². The lowest BCUT2D eigenvalue weighted by molar-refractivity contribution is 1.35. The molecule has 0 saturated carbocycles. The summed E-state index contributed by atoms with van der Waals surface area (Å²) in [5.41, 5.74) is 13.5. The van der Waals surface area contributed by atoms with Gasteiger partial charge in [-0.2, -0.15) is 0 Å². The Hall–Kier alpha value is -3.66. The van der Waals surface area contributed by atoms with Crippen LogP contribution >= 0.6 is 22.7 Å². The third-order valence-electron chi connectivity index (χ3n) is 7.70. The topological polar surface area (TPSA) is 0 Å². The van der Waals surface area contributed by atoms with E-state index in [9.17, 15) is 0 Å². The number of fused-ring (bicyclic) bond motifs is 5. The fourth-order valence-electron chi connectivity index (χ4n) is 6.13. The molecule has 0 saturated heterocycles. The first-order chi connectivity index (χ1) is 18.6. The van der Waals surface area contributed by atoms with Gasteiger partial charge in [0.05, 0.1) is 0 Å². The van der Waals surface area contributed by atoms with Crippen molar-refractivity contribution in [2.24, 2.45) is 0 Å². The third-order valence-corrected chi connectivity index (χ3v) is 10.2. The molecule has 182 valence electrons. The molecule has 0 unspecified atom stereocenters. The summed E-state index contributed by atoms with van der Waals surface area (Å²) in [6.45, 7) is 6.99. The largest absolute Gasteiger partial charge is 0.268 e. The number of hydrogen-bond acceptors (Lipinski definition) is 2. The zero-order valence-corrected chi connectivity index (χ0v) is 23.4. The molecule has 0 nitrogen and oxygen atoms in total. The average molecular weight is 523 g/mol. The molecule has 6 aromatic rings. The van der Waals surface area contributed by atoms with Crippen LogP contribution in [0.5, 0.6) is 0 Å². The Morgan fingerprint density at radius 1 is 0.474 bits per heavy atom. The van der Waals surface area contributed by atoms with Crippen molar-refractivity contribution in [3.05, 3.63) is 126 Å². The van der Waals surface area contributed by atoms with Crippen LogP contribution in [-0.2, 0) is 0 Å². The second-order valence-corrected chi connectivity index (χ2v) is 12.5. The Morgan fingerprint density at radius 3 is 1.34 bits per heavy atom. The molecule has 0 atom stereocenters. The summed E-state index contributed by atoms with van der Waals surface area (Å²) in [6.07, 6.45) is 0. The average Bonchev–Trinajstić information content (AvgIpc) is 3.55. The molecule has 0 amide bonds. The maximum Gasteiger partial charge on any atom is 0.268 e. The van der Waals surface area contributed by atoms with Gasteiger partial charge in [0, 0.05) is 9.75 Å². The van der Waals surface area contributed by atoms with Gasteiger partial charge in [-0.05, 0) is 75.8 Å². The first-order valence-electron chi connectivity index (χ1n) is 13.1. The third kappa shape index (κ3) is 3.81. The summed E-state index contributed by atoms with van der Waals surface area (Å²) < 4.78 is 2.90. The fourth-order valence-corrected chi connectivity index (χ4v) is 8.80. The molecule has 3 heteroatoms. The van der Waals surface area contributed by atoms with Crippen molar-refractivity contribution >= 4 is 44.4 Å². The normalized spacial score (nSPS) is 12.0. The van der Waals surface area contributed by atoms with Crippen molar-refractivity contribution in [3.8, 4) is 43.1 Å². The van der Waals surface area contributed by atoms with E-state index >= 15 is 0 Å². The molecule has 7 rings (SSSR count). The van der Waals surface area contributed by atoms with Crippen LogP contribution in [0.25, 0.3) is 43.1 Å². The van der Waals surface area contributed by atoms with Crippen LogP contribution in [0.2, 0.25) is 0 Å². The quantitative estimate of drug-likeness (QED) is 0.205. The first-order valence-corrected chi connectivity index (χ1v) is 14.8. The molecular formula is C35H27BS2. The van der Waals surface area contributed by atoms with Gasteiger partial charge < -0.3 is 0 Å². The molecule has 2 aromatic heterocycles. The van der Waals surface area contributed by atoms with Gasteiger partial charge in [0.2, 0.25) is 0 Å². The van der Waals surface area contributed by atoms with Gasteiger partial charge in [0.15, 0.2) is 0 Å². The van der Waals surface area contributed by atoms with Crippen molar-refractivity contribution in [3.63, 3.8) is 0 Å². The zero-order valence-electron chi connectivity index (χ0n) is 21.8. The molecule has 0 aliphatic carbocycles. The molecule has 0 fully saturated rings. The van der Waals surface area contributed by atoms with Crippen LogP contribution < -0.4 is 15.0 Å². The van der Waals surface area contributed by atoms with Crippen LogP contribution in [0.4, 0.5) is 0 Å². The number of hydrogen-bond donors (Lipinski definition) is 0. The van der Waals surface area contributed by atoms with E-state index < -0.39 is 0 Å². The Morgan fingerprint density at radius 2 is 0.895 bits per heavy atom. The highest BCUT2D eigenvalue weighted by atomic mass is 32.1. The number of aryl methyl sites for hydroxylation is 3. The van der Waals surface area contributed by atoms with Crippen molar-refractivity contribution in [1.29, 1.82) is 0 Å². The van der Waals surface area contributed by atoms with E-state index in [1.165, 1.54) is 74.8 Å². The predicted octanol–water partition coefficient (Wildman–Crippen LogP) is 8.23. The van der Waals surface area contributed by atoms with E-state index in [1.807, 2.05) is 22.7 Å². The molecule has 38 heavy (non-hydrogen) atoms. The molecular weight excluding hydrogens is 495 g/mol. The fraction of sp³-hybridized carbons (Fsp3) is 0.0857. The van der Waals surface area contributed by atoms with Crippen LogP contribution in [0, 0.1) is 20.8 Å². The highest BCUT2D eigenvalue weighted by Gasteiger charge is 2.37. The summed E-state index contributed by atoms with van der Waals surface area (Å²) in [6, 6.07) is 40.3. The van der Waals surface area contributed by atoms with Gasteiger partial charge in [-0.15, -0.1) is 22.7 Å². The first kappa shape index (κ1) is 23.5. The molecule has 1 aliphatic heterocycles. The molecule has 1 aliphatic rings. The lowest BCUT2D eigenvalue weighted by Gasteiger charge is -2.19. The van der Waals surface area contributed by atoms with Crippen molar-refractivity contribution in [1.82, 2.24) is 0 Å². The second-order valence-electron chi connectivity index (χ2n) is 10.3. The van der Waals surface area contributed by atoms with Gasteiger partial charge in [-0.25, -0.2) is 0 Å². The molecule has 0 spiro atoms. The van der Waals surface area contributed by atoms with Gasteiger partial charge >= 0.3 is 0 Å². The van der Waals surface area contributed by atoms with E-state index in [4.69, 9.17) is 0 Å². The monoisotopic (exact) mass is 522 g/mol. The van der Waals surface area contributed by atoms with Gasteiger partial charge in [0.25, 0.3) is 6.71 Å². The summed E-state index contributed by atoms with van der Waals surface area (Å²) in [5, 5.41) is 0. The summed E-state index contributed by atoms with van der Waals surface area (Å²) in [7, 11) is 0. The number of rotatable bonds is 3. The summed E-state index contributed by atoms with van der Waals surface area (Å²) in [4.78, 5) is 2.67. The van der Waals surface area contributed by atoms with Gasteiger partial charge in [0.1, 0.15) is 0 Å². The minimum absolute atomic E-state index is 0.193. The maximum absolute atomic E-state index is 2.44. The SMILES string of the molecule is Cc1cc(C)c(B2c3sc(-c4ccccc4)cc3-c3ccccc3-c3cc(-c4ccccc4)sc32)c(C)c1. The Kier molecular flexibility index (Phi) is 5.72. The van der Waals surface area contributed by atoms with Crippen molar-refractivity contribution in [2.75, 3.05) is 0 Å². The van der Waals surface area contributed by atoms with Crippen LogP contribution in [0.1, 0.15) is 16.7 Å². The van der Waals surface area contributed by atoms with Crippen LogP contribution in [-0.4, -0.2) is 6.71 Å². The van der Waals surface area contributed by atoms with Crippen LogP contribution in [0.15, 0.2) is 109 Å². The number of benzene rings is 4. The summed E-state index contributed by atoms with van der Waals surface area (Å²) >= 11 is 3.93. The smallest absolute Gasteiger partial charge is 0.149 e. The molecule has 0 radical (unpaired) electrons. The minimum atomic E-state index is 0.193. The van der Waals surface area contributed by atoms with E-state index in [0.717, 1.165) is 0 Å². The molecule has 0 bridgehead atoms. The Balaban J connectivity index is 1.57. The van der Waals surface area contributed by atoms with Gasteiger partial charge in [-0.1, -0.05) is 119 Å². The molecule has 3 heterocycles. The Bertz CT molecular complexity index is 1660. The minimum Gasteiger partial charge on any atom is -0.149 e. The maximum atomic E-state index is 2.44. The van der Waals surface area contributed by atoms with Crippen LogP contribution in [0.3, 0.4) is 0 Å². The van der Waals surface area contributed by atoms with Crippen molar-refractivity contribution in [2.45, 2.75) is 20.8 Å². The highest BCUT2D eigenvalue weighted by Crippen LogP contribution is 2.42. The van der Waals surface area contributed by atoms with Crippen molar-refractivity contribution < 1.29 is 0 Å². The number of thiophene rings is 2. The van der Waals surface area contributed by atoms with Gasteiger partial charge in [-0.3, -0.25) is 0 Å². The highest BCUT2D eigenvalue weighted by molar-refractivity contribution is 7.37. The molecule has 4 aromatic carbocycles. The zero-order chi connectivity index (χ0) is 25.8. The summed E-state index contributed by atoms with van der Waals surface area (Å²) in [5.74, 6) is 0. The standard InChI is InChI=1S/C35H27BS2/c1-22-18-23(2)33(24(3)19-22)36-34-29(20-31(37-34)25-12-6-4-7-13-25)27-16-10-11-17-28(27)30-21-32(38-35(30)36)26-14-8-5-9-15-26/h4-21H,1-3H3. The van der Waals surface area contributed by atoms with E-state index in [1.54, 1.807) is 0 Å². The van der Waals surface area contributed by atoms with E-state index in [2.05, 4.69) is 130 Å². The predicted molar refractivity (Wildman–Crippen MR) is 169 cm³/mol. The van der Waals surface area contributed by atoms with E-state index in [-0.39, 0.29) is 6.71 Å². The molecule has 0 N–H and O–H groups in total. The lowest BCUT2D eigenvalue weighted by atomic mass is 9.40. The lowest BCUT2D eigenvalue weighted by Crippen LogP contribution is -2.52.